The zero-order valence-corrected chi connectivity index (χ0v) is 16.9. The van der Waals surface area contributed by atoms with E-state index in [-0.39, 0.29) is 28.1 Å². The van der Waals surface area contributed by atoms with Crippen molar-refractivity contribution in [1.29, 1.82) is 0 Å². The Morgan fingerprint density at radius 1 is 1.28 bits per heavy atom. The molecule has 0 saturated carbocycles. The maximum atomic E-state index is 13.1. The lowest BCUT2D eigenvalue weighted by Crippen LogP contribution is -2.28. The van der Waals surface area contributed by atoms with Gasteiger partial charge in [0.1, 0.15) is 5.82 Å². The Labute approximate surface area is 170 Å². The summed E-state index contributed by atoms with van der Waals surface area (Å²) in [5.74, 6) is -0.403. The third kappa shape index (κ3) is 5.72. The molecule has 0 radical (unpaired) electrons. The predicted molar refractivity (Wildman–Crippen MR) is 106 cm³/mol. The van der Waals surface area contributed by atoms with Crippen LogP contribution in [0, 0.1) is 5.82 Å². The minimum absolute atomic E-state index is 0.0497. The highest BCUT2D eigenvalue weighted by molar-refractivity contribution is 7.90. The third-order valence-corrected chi connectivity index (χ3v) is 6.17. The summed E-state index contributed by atoms with van der Waals surface area (Å²) >= 11 is 1.10. The predicted octanol–water partition coefficient (Wildman–Crippen LogP) is 2.98. The van der Waals surface area contributed by atoms with Crippen LogP contribution in [0.2, 0.25) is 0 Å². The Morgan fingerprint density at radius 2 is 2.10 bits per heavy atom. The number of thiazole rings is 1. The SMILES string of the molecule is COc1ccc(S(=O)(=O)Cc2csc(NC(=O)NCc3cccc(F)c3)n2)cn1. The summed E-state index contributed by atoms with van der Waals surface area (Å²) in [5, 5.41) is 6.91. The van der Waals surface area contributed by atoms with Gasteiger partial charge in [-0.25, -0.2) is 27.6 Å². The molecule has 2 aromatic heterocycles. The Morgan fingerprint density at radius 3 is 2.79 bits per heavy atom. The minimum Gasteiger partial charge on any atom is -0.481 e. The van der Waals surface area contributed by atoms with Crippen LogP contribution in [0.4, 0.5) is 14.3 Å². The van der Waals surface area contributed by atoms with Crippen molar-refractivity contribution in [3.8, 4) is 5.88 Å². The molecule has 3 aromatic rings. The van der Waals surface area contributed by atoms with Gasteiger partial charge in [0.05, 0.1) is 23.5 Å². The number of anilines is 1. The number of methoxy groups -OCH3 is 1. The van der Waals surface area contributed by atoms with Crippen LogP contribution in [0.15, 0.2) is 52.9 Å². The average molecular weight is 436 g/mol. The van der Waals surface area contributed by atoms with E-state index in [1.165, 1.54) is 37.6 Å². The lowest BCUT2D eigenvalue weighted by atomic mass is 10.2. The van der Waals surface area contributed by atoms with Gasteiger partial charge in [0, 0.05) is 24.2 Å². The molecular formula is C18H17FN4O4S2. The molecule has 152 valence electrons. The lowest BCUT2D eigenvalue weighted by Gasteiger charge is -2.05. The normalized spacial score (nSPS) is 11.1. The first-order valence-corrected chi connectivity index (χ1v) is 10.9. The standard InChI is InChI=1S/C18H17FN4O4S2/c1-27-16-6-5-15(9-20-16)29(25,26)11-14-10-28-18(22-14)23-17(24)21-8-12-3-2-4-13(19)7-12/h2-7,9-10H,8,11H2,1H3,(H2,21,22,23,24). The number of carbonyl (C=O) groups is 1. The van der Waals surface area contributed by atoms with Crippen molar-refractivity contribution in [2.24, 2.45) is 0 Å². The second-order valence-electron chi connectivity index (χ2n) is 5.88. The van der Waals surface area contributed by atoms with Gasteiger partial charge in [-0.2, -0.15) is 0 Å². The molecule has 29 heavy (non-hydrogen) atoms. The van der Waals surface area contributed by atoms with E-state index in [0.717, 1.165) is 11.3 Å². The second-order valence-corrected chi connectivity index (χ2v) is 8.72. The summed E-state index contributed by atoms with van der Waals surface area (Å²) in [6, 6.07) is 8.21. The van der Waals surface area contributed by atoms with Crippen molar-refractivity contribution in [3.63, 3.8) is 0 Å². The molecule has 0 fully saturated rings. The number of benzene rings is 1. The maximum Gasteiger partial charge on any atom is 0.321 e. The van der Waals surface area contributed by atoms with Gasteiger partial charge in [-0.1, -0.05) is 12.1 Å². The number of hydrogen-bond acceptors (Lipinski definition) is 7. The quantitative estimate of drug-likeness (QED) is 0.589. The third-order valence-electron chi connectivity index (χ3n) is 3.73. The smallest absolute Gasteiger partial charge is 0.321 e. The zero-order chi connectivity index (χ0) is 20.9. The first kappa shape index (κ1) is 20.7. The van der Waals surface area contributed by atoms with Crippen molar-refractivity contribution < 1.29 is 22.3 Å². The number of carbonyl (C=O) groups excluding carboxylic acids is 1. The fourth-order valence-corrected chi connectivity index (χ4v) is 4.35. The summed E-state index contributed by atoms with van der Waals surface area (Å²) in [7, 11) is -2.20. The highest BCUT2D eigenvalue weighted by Gasteiger charge is 2.18. The maximum absolute atomic E-state index is 13.1. The number of hydrogen-bond donors (Lipinski definition) is 2. The van der Waals surface area contributed by atoms with Crippen LogP contribution >= 0.6 is 11.3 Å². The second kappa shape index (κ2) is 8.97. The van der Waals surface area contributed by atoms with E-state index < -0.39 is 15.9 Å². The molecule has 3 rings (SSSR count). The van der Waals surface area contributed by atoms with Gasteiger partial charge in [0.25, 0.3) is 0 Å². The van der Waals surface area contributed by atoms with Gasteiger partial charge in [-0.3, -0.25) is 5.32 Å². The highest BCUT2D eigenvalue weighted by Crippen LogP contribution is 2.21. The number of rotatable bonds is 7. The fraction of sp³-hybridized carbons (Fsp3) is 0.167. The van der Waals surface area contributed by atoms with E-state index in [1.807, 2.05) is 0 Å². The summed E-state index contributed by atoms with van der Waals surface area (Å²) in [4.78, 5) is 20.0. The van der Waals surface area contributed by atoms with Crippen LogP contribution in [0.25, 0.3) is 0 Å². The zero-order valence-electron chi connectivity index (χ0n) is 15.3. The Bertz CT molecular complexity index is 1100. The molecule has 2 N–H and O–H groups in total. The lowest BCUT2D eigenvalue weighted by molar-refractivity contribution is 0.251. The van der Waals surface area contributed by atoms with Crippen LogP contribution in [0.3, 0.4) is 0 Å². The number of amides is 2. The minimum atomic E-state index is -3.64. The van der Waals surface area contributed by atoms with Crippen LogP contribution in [0.1, 0.15) is 11.3 Å². The van der Waals surface area contributed by atoms with E-state index in [4.69, 9.17) is 4.74 Å². The number of aromatic nitrogens is 2. The molecule has 0 spiro atoms. The number of urea groups is 1. The molecule has 0 aliphatic carbocycles. The van der Waals surface area contributed by atoms with Crippen LogP contribution in [0.5, 0.6) is 5.88 Å². The molecule has 0 saturated heterocycles. The molecule has 0 bridgehead atoms. The first-order chi connectivity index (χ1) is 13.9. The van der Waals surface area contributed by atoms with Crippen LogP contribution < -0.4 is 15.4 Å². The van der Waals surface area contributed by atoms with Crippen LogP contribution in [-0.4, -0.2) is 31.5 Å². The largest absolute Gasteiger partial charge is 0.481 e. The van der Waals surface area contributed by atoms with Gasteiger partial charge in [-0.05, 0) is 23.8 Å². The summed E-state index contributed by atoms with van der Waals surface area (Å²) < 4.78 is 43.0. The Kier molecular flexibility index (Phi) is 6.39. The topological polar surface area (TPSA) is 110 Å². The molecular weight excluding hydrogens is 419 g/mol. The number of pyridine rings is 1. The van der Waals surface area contributed by atoms with E-state index in [0.29, 0.717) is 17.1 Å². The number of nitrogens with zero attached hydrogens (tertiary/aromatic N) is 2. The fourth-order valence-electron chi connectivity index (χ4n) is 2.35. The van der Waals surface area contributed by atoms with Gasteiger partial charge in [-0.15, -0.1) is 11.3 Å². The first-order valence-electron chi connectivity index (χ1n) is 8.32. The van der Waals surface area contributed by atoms with Gasteiger partial charge in [0.2, 0.25) is 5.88 Å². The van der Waals surface area contributed by atoms with E-state index in [9.17, 15) is 17.6 Å². The van der Waals surface area contributed by atoms with Gasteiger partial charge >= 0.3 is 6.03 Å². The summed E-state index contributed by atoms with van der Waals surface area (Å²) in [6.45, 7) is 0.140. The molecule has 8 nitrogen and oxygen atoms in total. The van der Waals surface area contributed by atoms with Crippen molar-refractivity contribution >= 4 is 32.3 Å². The van der Waals surface area contributed by atoms with Crippen LogP contribution in [-0.2, 0) is 22.1 Å². The van der Waals surface area contributed by atoms with E-state index in [1.54, 1.807) is 17.5 Å². The summed E-state index contributed by atoms with van der Waals surface area (Å²) in [6.07, 6.45) is 1.22. The van der Waals surface area contributed by atoms with Crippen molar-refractivity contribution in [2.45, 2.75) is 17.2 Å². The molecule has 0 aliphatic rings. The van der Waals surface area contributed by atoms with Crippen molar-refractivity contribution in [3.05, 3.63) is 65.0 Å². The average Bonchev–Trinajstić information content (AvgIpc) is 3.12. The molecule has 0 unspecified atom stereocenters. The summed E-state index contributed by atoms with van der Waals surface area (Å²) in [5.41, 5.74) is 0.908. The van der Waals surface area contributed by atoms with Gasteiger partial charge in [0.15, 0.2) is 15.0 Å². The van der Waals surface area contributed by atoms with E-state index in [2.05, 4.69) is 20.6 Å². The molecule has 1 aromatic carbocycles. The molecule has 0 atom stereocenters. The number of nitrogens with one attached hydrogen (secondary N) is 2. The van der Waals surface area contributed by atoms with Crippen molar-refractivity contribution in [1.82, 2.24) is 15.3 Å². The van der Waals surface area contributed by atoms with Gasteiger partial charge < -0.3 is 10.1 Å². The number of ether oxygens (including phenoxy) is 1. The molecule has 0 aliphatic heterocycles. The monoisotopic (exact) mass is 436 g/mol. The molecule has 2 amide bonds. The number of sulfone groups is 1. The molecule has 2 heterocycles. The van der Waals surface area contributed by atoms with Crippen molar-refractivity contribution in [2.75, 3.05) is 12.4 Å². The Hall–Kier alpha value is -3.05. The number of halogens is 1. The molecule has 11 heteroatoms. The van der Waals surface area contributed by atoms with E-state index >= 15 is 0 Å². The Balaban J connectivity index is 1.57. The highest BCUT2D eigenvalue weighted by atomic mass is 32.2.